The van der Waals surface area contributed by atoms with E-state index in [-0.39, 0.29) is 5.41 Å². The van der Waals surface area contributed by atoms with Crippen LogP contribution in [-0.4, -0.2) is 8.07 Å². The summed E-state index contributed by atoms with van der Waals surface area (Å²) in [6.07, 6.45) is 2.25. The summed E-state index contributed by atoms with van der Waals surface area (Å²) in [4.78, 5) is 0. The summed E-state index contributed by atoms with van der Waals surface area (Å²) in [5.74, 6) is 0. The first-order valence-corrected chi connectivity index (χ1v) is 16.8. The lowest BCUT2D eigenvalue weighted by Crippen LogP contribution is -2.30. The SMILES string of the molecule is Cc1c(-c2c3sc4c(C[Si](C)(C)C)cccc4c3cc[n+]2C)cc(C(C)(C)C)c2ccccc12. The third-order valence-corrected chi connectivity index (χ3v) is 9.71. The molecule has 0 N–H and O–H groups in total. The molecule has 0 unspecified atom stereocenters. The number of rotatable bonds is 3. The molecular formula is C31H36NSSi+. The number of aryl methyl sites for hydroxylation is 2. The van der Waals surface area contributed by atoms with Gasteiger partial charge in [-0.25, -0.2) is 0 Å². The molecule has 0 saturated heterocycles. The van der Waals surface area contributed by atoms with Crippen molar-refractivity contribution in [3.05, 3.63) is 77.5 Å². The van der Waals surface area contributed by atoms with E-state index in [2.05, 4.69) is 120 Å². The van der Waals surface area contributed by atoms with E-state index in [1.807, 2.05) is 11.3 Å². The molecule has 0 spiro atoms. The van der Waals surface area contributed by atoms with Crippen LogP contribution in [0.25, 0.3) is 42.2 Å². The molecule has 0 saturated carbocycles. The molecule has 2 aromatic heterocycles. The van der Waals surface area contributed by atoms with E-state index < -0.39 is 8.07 Å². The Labute approximate surface area is 209 Å². The van der Waals surface area contributed by atoms with Crippen molar-refractivity contribution < 1.29 is 4.57 Å². The number of hydrogen-bond donors (Lipinski definition) is 0. The number of aromatic nitrogens is 1. The van der Waals surface area contributed by atoms with Crippen LogP contribution in [0.5, 0.6) is 0 Å². The summed E-state index contributed by atoms with van der Waals surface area (Å²) in [6, 6.07) is 21.9. The van der Waals surface area contributed by atoms with E-state index in [1.54, 1.807) is 0 Å². The first-order chi connectivity index (χ1) is 16.0. The van der Waals surface area contributed by atoms with Gasteiger partial charge in [-0.15, -0.1) is 11.3 Å². The maximum absolute atomic E-state index is 2.47. The fourth-order valence-corrected chi connectivity index (χ4v) is 8.34. The Morgan fingerprint density at radius 3 is 2.15 bits per heavy atom. The quantitative estimate of drug-likeness (QED) is 0.179. The Bertz CT molecular complexity index is 1560. The molecule has 0 aliphatic carbocycles. The van der Waals surface area contributed by atoms with Crippen LogP contribution in [-0.2, 0) is 18.5 Å². The minimum atomic E-state index is -1.22. The Morgan fingerprint density at radius 2 is 1.47 bits per heavy atom. The molecular weight excluding hydrogens is 447 g/mol. The van der Waals surface area contributed by atoms with Gasteiger partial charge in [0.2, 0.25) is 5.69 Å². The molecule has 5 aromatic rings. The summed E-state index contributed by atoms with van der Waals surface area (Å²) in [7, 11) is 0.983. The van der Waals surface area contributed by atoms with Crippen LogP contribution in [0.1, 0.15) is 37.5 Å². The van der Waals surface area contributed by atoms with Crippen LogP contribution in [0.15, 0.2) is 60.8 Å². The zero-order valence-corrected chi connectivity index (χ0v) is 23.7. The average molecular weight is 483 g/mol. The first kappa shape index (κ1) is 23.3. The van der Waals surface area contributed by atoms with Gasteiger partial charge in [0.05, 0.1) is 5.56 Å². The molecule has 0 aliphatic heterocycles. The summed E-state index contributed by atoms with van der Waals surface area (Å²) < 4.78 is 5.21. The van der Waals surface area contributed by atoms with Crippen molar-refractivity contribution in [2.75, 3.05) is 0 Å². The second-order valence-electron chi connectivity index (χ2n) is 12.0. The maximum Gasteiger partial charge on any atom is 0.230 e. The van der Waals surface area contributed by atoms with Gasteiger partial charge in [-0.3, -0.25) is 0 Å². The van der Waals surface area contributed by atoms with E-state index in [0.717, 1.165) is 0 Å². The number of pyridine rings is 1. The lowest BCUT2D eigenvalue weighted by atomic mass is 9.80. The van der Waals surface area contributed by atoms with Crippen molar-refractivity contribution in [1.29, 1.82) is 0 Å². The zero-order chi connectivity index (χ0) is 24.4. The number of hydrogen-bond acceptors (Lipinski definition) is 1. The van der Waals surface area contributed by atoms with E-state index in [0.29, 0.717) is 0 Å². The van der Waals surface area contributed by atoms with Crippen LogP contribution < -0.4 is 4.57 Å². The monoisotopic (exact) mass is 482 g/mol. The van der Waals surface area contributed by atoms with Crippen molar-refractivity contribution in [2.45, 2.75) is 58.8 Å². The van der Waals surface area contributed by atoms with Gasteiger partial charge >= 0.3 is 0 Å². The van der Waals surface area contributed by atoms with Gasteiger partial charge < -0.3 is 0 Å². The van der Waals surface area contributed by atoms with Crippen LogP contribution >= 0.6 is 11.3 Å². The van der Waals surface area contributed by atoms with E-state index >= 15 is 0 Å². The topological polar surface area (TPSA) is 3.88 Å². The molecule has 0 radical (unpaired) electrons. The smallest absolute Gasteiger partial charge is 0.200 e. The van der Waals surface area contributed by atoms with Crippen LogP contribution in [0.2, 0.25) is 19.6 Å². The summed E-state index contributed by atoms with van der Waals surface area (Å²) in [5, 5.41) is 5.53. The highest BCUT2D eigenvalue weighted by Crippen LogP contribution is 2.43. The zero-order valence-electron chi connectivity index (χ0n) is 21.8. The Kier molecular flexibility index (Phi) is 5.49. The van der Waals surface area contributed by atoms with Gasteiger partial charge in [0.15, 0.2) is 6.20 Å². The van der Waals surface area contributed by atoms with Gasteiger partial charge in [0.25, 0.3) is 0 Å². The number of nitrogens with zero attached hydrogens (tertiary/aromatic N) is 1. The highest BCUT2D eigenvalue weighted by atomic mass is 32.1. The van der Waals surface area contributed by atoms with Crippen LogP contribution in [0, 0.1) is 6.92 Å². The minimum absolute atomic E-state index is 0.0686. The Balaban J connectivity index is 1.88. The molecule has 34 heavy (non-hydrogen) atoms. The Hall–Kier alpha value is -2.49. The van der Waals surface area contributed by atoms with E-state index in [1.165, 1.54) is 64.9 Å². The largest absolute Gasteiger partial charge is 0.230 e. The predicted molar refractivity (Wildman–Crippen MR) is 154 cm³/mol. The van der Waals surface area contributed by atoms with Crippen LogP contribution in [0.3, 0.4) is 0 Å². The summed E-state index contributed by atoms with van der Waals surface area (Å²) >= 11 is 1.99. The summed E-state index contributed by atoms with van der Waals surface area (Å²) in [5.41, 5.74) is 7.07. The van der Waals surface area contributed by atoms with Crippen LogP contribution in [0.4, 0.5) is 0 Å². The van der Waals surface area contributed by atoms with Crippen molar-refractivity contribution in [3.63, 3.8) is 0 Å². The van der Waals surface area contributed by atoms with Gasteiger partial charge in [-0.1, -0.05) is 82.9 Å². The standard InChI is InChI=1S/C31H36NSSi/c1-20-22-13-9-10-14-23(22)27(31(2,3)4)18-26(20)28-30-25(16-17-32(28)5)24-15-11-12-21(29(24)33-30)19-34(6,7)8/h9-18H,19H2,1-8H3/q+1. The van der Waals surface area contributed by atoms with Gasteiger partial charge in [-0.2, -0.15) is 4.57 Å². The van der Waals surface area contributed by atoms with Crippen molar-refractivity contribution in [3.8, 4) is 11.3 Å². The highest BCUT2D eigenvalue weighted by molar-refractivity contribution is 7.26. The van der Waals surface area contributed by atoms with Crippen molar-refractivity contribution >= 4 is 50.4 Å². The van der Waals surface area contributed by atoms with Gasteiger partial charge in [-0.05, 0) is 51.9 Å². The lowest BCUT2D eigenvalue weighted by Gasteiger charge is -2.24. The molecule has 5 rings (SSSR count). The average Bonchev–Trinajstić information content (AvgIpc) is 3.12. The Morgan fingerprint density at radius 1 is 0.824 bits per heavy atom. The molecule has 174 valence electrons. The number of thiophene rings is 1. The molecule has 3 heteroatoms. The van der Waals surface area contributed by atoms with Crippen molar-refractivity contribution in [1.82, 2.24) is 0 Å². The van der Waals surface area contributed by atoms with Gasteiger partial charge in [0.1, 0.15) is 11.7 Å². The van der Waals surface area contributed by atoms with Crippen molar-refractivity contribution in [2.24, 2.45) is 7.05 Å². The summed E-state index contributed by atoms with van der Waals surface area (Å²) in [6.45, 7) is 16.7. The molecule has 0 bridgehead atoms. The van der Waals surface area contributed by atoms with E-state index in [9.17, 15) is 0 Å². The van der Waals surface area contributed by atoms with E-state index in [4.69, 9.17) is 0 Å². The normalized spacial score (nSPS) is 12.8. The lowest BCUT2D eigenvalue weighted by molar-refractivity contribution is -0.659. The molecule has 2 heterocycles. The third-order valence-electron chi connectivity index (χ3n) is 6.97. The fourth-order valence-electron chi connectivity index (χ4n) is 5.37. The highest BCUT2D eigenvalue weighted by Gasteiger charge is 2.26. The predicted octanol–water partition coefficient (Wildman–Crippen LogP) is 8.73. The number of fused-ring (bicyclic) bond motifs is 4. The molecule has 0 amide bonds. The third kappa shape index (κ3) is 3.89. The second kappa shape index (κ2) is 8.03. The molecule has 1 nitrogen and oxygen atoms in total. The maximum atomic E-state index is 2.47. The molecule has 0 aliphatic rings. The fraction of sp³-hybridized carbons (Fsp3) is 0.323. The minimum Gasteiger partial charge on any atom is -0.200 e. The molecule has 0 atom stereocenters. The molecule has 0 fully saturated rings. The van der Waals surface area contributed by atoms with Gasteiger partial charge in [0, 0.05) is 29.6 Å². The molecule has 3 aromatic carbocycles. The number of benzene rings is 3. The second-order valence-corrected chi connectivity index (χ2v) is 18.5. The first-order valence-electron chi connectivity index (χ1n) is 12.3.